The van der Waals surface area contributed by atoms with Crippen molar-refractivity contribution in [1.29, 1.82) is 0 Å². The molecule has 1 aromatic rings. The highest BCUT2D eigenvalue weighted by Gasteiger charge is 2.27. The van der Waals surface area contributed by atoms with Gasteiger partial charge in [-0.05, 0) is 64.7 Å². The summed E-state index contributed by atoms with van der Waals surface area (Å²) < 4.78 is 1.24. The largest absolute Gasteiger partial charge is 0.370 e. The first kappa shape index (κ1) is 14.4. The molecule has 1 aromatic carbocycles. The standard InChI is InChI=1S/C17H25BrN2/c1-17(2)8-3-9-20(12-17)16-7-4-13(10-15(16)18)11-19-14-5-6-14/h4,7,10,14,19H,3,5-6,8-9,11-12H2,1-2H3. The van der Waals surface area contributed by atoms with Crippen molar-refractivity contribution in [3.63, 3.8) is 0 Å². The Kier molecular flexibility index (Phi) is 4.09. The molecule has 0 unspecified atom stereocenters. The molecule has 1 aliphatic heterocycles. The minimum absolute atomic E-state index is 0.434. The molecule has 0 aromatic heterocycles. The van der Waals surface area contributed by atoms with Crippen LogP contribution in [0, 0.1) is 5.41 Å². The van der Waals surface area contributed by atoms with Crippen LogP contribution < -0.4 is 10.2 Å². The quantitative estimate of drug-likeness (QED) is 0.880. The van der Waals surface area contributed by atoms with Crippen LogP contribution >= 0.6 is 15.9 Å². The van der Waals surface area contributed by atoms with Crippen LogP contribution in [0.5, 0.6) is 0 Å². The van der Waals surface area contributed by atoms with Crippen molar-refractivity contribution in [1.82, 2.24) is 5.32 Å². The molecule has 0 atom stereocenters. The van der Waals surface area contributed by atoms with E-state index in [-0.39, 0.29) is 0 Å². The molecule has 3 rings (SSSR count). The predicted octanol–water partition coefficient (Wildman–Crippen LogP) is 4.33. The SMILES string of the molecule is CC1(C)CCCN(c2ccc(CNC3CC3)cc2Br)C1. The van der Waals surface area contributed by atoms with E-state index < -0.39 is 0 Å². The fourth-order valence-electron chi connectivity index (χ4n) is 3.10. The van der Waals surface area contributed by atoms with Gasteiger partial charge in [0.1, 0.15) is 0 Å². The Morgan fingerprint density at radius 1 is 1.35 bits per heavy atom. The van der Waals surface area contributed by atoms with Crippen molar-refractivity contribution in [3.05, 3.63) is 28.2 Å². The molecule has 3 heteroatoms. The molecular formula is C17H25BrN2. The van der Waals surface area contributed by atoms with Gasteiger partial charge in [0, 0.05) is 30.1 Å². The summed E-state index contributed by atoms with van der Waals surface area (Å²) in [7, 11) is 0. The fourth-order valence-corrected chi connectivity index (χ4v) is 3.77. The fraction of sp³-hybridized carbons (Fsp3) is 0.647. The lowest BCUT2D eigenvalue weighted by Gasteiger charge is -2.40. The topological polar surface area (TPSA) is 15.3 Å². The molecule has 20 heavy (non-hydrogen) atoms. The van der Waals surface area contributed by atoms with E-state index in [2.05, 4.69) is 58.2 Å². The van der Waals surface area contributed by atoms with E-state index >= 15 is 0 Å². The molecule has 2 nitrogen and oxygen atoms in total. The van der Waals surface area contributed by atoms with E-state index in [1.165, 1.54) is 48.0 Å². The first-order valence-corrected chi connectivity index (χ1v) is 8.60. The maximum atomic E-state index is 3.77. The predicted molar refractivity (Wildman–Crippen MR) is 89.2 cm³/mol. The number of nitrogens with one attached hydrogen (secondary N) is 1. The van der Waals surface area contributed by atoms with Gasteiger partial charge in [0.15, 0.2) is 0 Å². The van der Waals surface area contributed by atoms with Crippen molar-refractivity contribution >= 4 is 21.6 Å². The maximum Gasteiger partial charge on any atom is 0.0511 e. The molecule has 2 fully saturated rings. The average Bonchev–Trinajstić information content (AvgIpc) is 3.19. The van der Waals surface area contributed by atoms with Crippen LogP contribution in [-0.4, -0.2) is 19.1 Å². The first-order valence-electron chi connectivity index (χ1n) is 7.80. The van der Waals surface area contributed by atoms with Gasteiger partial charge in [0.05, 0.1) is 5.69 Å². The second-order valence-electron chi connectivity index (χ2n) is 7.13. The number of piperidine rings is 1. The van der Waals surface area contributed by atoms with Gasteiger partial charge in [-0.2, -0.15) is 0 Å². The zero-order valence-corrected chi connectivity index (χ0v) is 14.2. The molecule has 0 spiro atoms. The molecule has 1 heterocycles. The smallest absolute Gasteiger partial charge is 0.0511 e. The number of hydrogen-bond donors (Lipinski definition) is 1. The minimum Gasteiger partial charge on any atom is -0.370 e. The van der Waals surface area contributed by atoms with Gasteiger partial charge in [-0.15, -0.1) is 0 Å². The van der Waals surface area contributed by atoms with Crippen molar-refractivity contribution in [2.75, 3.05) is 18.0 Å². The number of rotatable bonds is 4. The summed E-state index contributed by atoms with van der Waals surface area (Å²) in [5.74, 6) is 0. The summed E-state index contributed by atoms with van der Waals surface area (Å²) in [4.78, 5) is 2.53. The van der Waals surface area contributed by atoms with Gasteiger partial charge in [-0.25, -0.2) is 0 Å². The Balaban J connectivity index is 1.69. The number of anilines is 1. The lowest BCUT2D eigenvalue weighted by atomic mass is 9.84. The lowest BCUT2D eigenvalue weighted by Crippen LogP contribution is -2.40. The Morgan fingerprint density at radius 3 is 2.80 bits per heavy atom. The minimum atomic E-state index is 0.434. The Morgan fingerprint density at radius 2 is 2.15 bits per heavy atom. The number of halogens is 1. The third-order valence-corrected chi connectivity index (χ3v) is 5.06. The molecule has 2 aliphatic rings. The van der Waals surface area contributed by atoms with Crippen molar-refractivity contribution in [2.45, 2.75) is 52.1 Å². The van der Waals surface area contributed by atoms with E-state index in [0.717, 1.165) is 19.1 Å². The monoisotopic (exact) mass is 336 g/mol. The zero-order chi connectivity index (χ0) is 14.2. The lowest BCUT2D eigenvalue weighted by molar-refractivity contribution is 0.293. The second-order valence-corrected chi connectivity index (χ2v) is 7.98. The maximum absolute atomic E-state index is 3.77. The highest BCUT2D eigenvalue weighted by molar-refractivity contribution is 9.10. The molecule has 0 amide bonds. The van der Waals surface area contributed by atoms with Crippen LogP contribution in [0.3, 0.4) is 0 Å². The molecule has 0 radical (unpaired) electrons. The van der Waals surface area contributed by atoms with Gasteiger partial charge < -0.3 is 10.2 Å². The molecule has 1 aliphatic carbocycles. The van der Waals surface area contributed by atoms with E-state index in [9.17, 15) is 0 Å². The van der Waals surface area contributed by atoms with Gasteiger partial charge in [-0.3, -0.25) is 0 Å². The summed E-state index contributed by atoms with van der Waals surface area (Å²) >= 11 is 3.77. The van der Waals surface area contributed by atoms with E-state index in [4.69, 9.17) is 0 Å². The van der Waals surface area contributed by atoms with Crippen LogP contribution in [0.15, 0.2) is 22.7 Å². The normalized spacial score (nSPS) is 22.1. The van der Waals surface area contributed by atoms with E-state index in [1.807, 2.05) is 0 Å². The Labute approximate surface area is 131 Å². The molecule has 1 saturated heterocycles. The summed E-state index contributed by atoms with van der Waals surface area (Å²) in [5.41, 5.74) is 3.17. The second kappa shape index (κ2) is 5.69. The van der Waals surface area contributed by atoms with Gasteiger partial charge in [0.2, 0.25) is 0 Å². The van der Waals surface area contributed by atoms with Crippen LogP contribution in [0.1, 0.15) is 45.1 Å². The molecule has 110 valence electrons. The average molecular weight is 337 g/mol. The molecule has 1 saturated carbocycles. The highest BCUT2D eigenvalue weighted by Crippen LogP contribution is 2.35. The summed E-state index contributed by atoms with van der Waals surface area (Å²) in [5, 5.41) is 3.58. The van der Waals surface area contributed by atoms with Crippen molar-refractivity contribution in [3.8, 4) is 0 Å². The van der Waals surface area contributed by atoms with E-state index in [1.54, 1.807) is 0 Å². The van der Waals surface area contributed by atoms with Gasteiger partial charge in [0.25, 0.3) is 0 Å². The molecule has 0 bridgehead atoms. The summed E-state index contributed by atoms with van der Waals surface area (Å²) in [6.45, 7) is 8.09. The number of hydrogen-bond acceptors (Lipinski definition) is 2. The summed E-state index contributed by atoms with van der Waals surface area (Å²) in [6, 6.07) is 7.62. The van der Waals surface area contributed by atoms with E-state index in [0.29, 0.717) is 5.41 Å². The third kappa shape index (κ3) is 3.56. The van der Waals surface area contributed by atoms with Gasteiger partial charge in [-0.1, -0.05) is 19.9 Å². The Hall–Kier alpha value is -0.540. The number of benzene rings is 1. The van der Waals surface area contributed by atoms with Crippen LogP contribution in [0.25, 0.3) is 0 Å². The highest BCUT2D eigenvalue weighted by atomic mass is 79.9. The van der Waals surface area contributed by atoms with Crippen LogP contribution in [0.4, 0.5) is 5.69 Å². The Bertz CT molecular complexity index is 480. The first-order chi connectivity index (χ1) is 9.53. The van der Waals surface area contributed by atoms with Crippen LogP contribution in [0.2, 0.25) is 0 Å². The summed E-state index contributed by atoms with van der Waals surface area (Å²) in [6.07, 6.45) is 5.33. The number of nitrogens with zero attached hydrogens (tertiary/aromatic N) is 1. The zero-order valence-electron chi connectivity index (χ0n) is 12.6. The van der Waals surface area contributed by atoms with Gasteiger partial charge >= 0.3 is 0 Å². The van der Waals surface area contributed by atoms with Crippen LogP contribution in [-0.2, 0) is 6.54 Å². The molecular weight excluding hydrogens is 312 g/mol. The van der Waals surface area contributed by atoms with Crippen molar-refractivity contribution in [2.24, 2.45) is 5.41 Å². The third-order valence-electron chi connectivity index (χ3n) is 4.43. The van der Waals surface area contributed by atoms with Crippen molar-refractivity contribution < 1.29 is 0 Å². The molecule has 1 N–H and O–H groups in total.